The van der Waals surface area contributed by atoms with E-state index in [1.807, 2.05) is 0 Å². The Bertz CT molecular complexity index is 645. The number of alkyl halides is 3. The van der Waals surface area contributed by atoms with Crippen molar-refractivity contribution in [1.29, 1.82) is 0 Å². The third-order valence-corrected chi connectivity index (χ3v) is 3.73. The zero-order chi connectivity index (χ0) is 16.2. The minimum absolute atomic E-state index is 0.411. The topological polar surface area (TPSA) is 24.1 Å². The van der Waals surface area contributed by atoms with Crippen molar-refractivity contribution < 1.29 is 13.2 Å². The lowest BCUT2D eigenvalue weighted by molar-refractivity contribution is -0.137. The molecule has 2 N–H and O–H groups in total. The summed E-state index contributed by atoms with van der Waals surface area (Å²) in [7, 11) is 0. The first-order chi connectivity index (χ1) is 10.4. The van der Waals surface area contributed by atoms with E-state index < -0.39 is 11.7 Å². The molecule has 0 saturated heterocycles. The van der Waals surface area contributed by atoms with E-state index in [0.29, 0.717) is 34.5 Å². The number of benzene rings is 2. The molecule has 2 nitrogen and oxygen atoms in total. The van der Waals surface area contributed by atoms with Crippen LogP contribution in [-0.2, 0) is 6.18 Å². The van der Waals surface area contributed by atoms with Gasteiger partial charge < -0.3 is 10.6 Å². The Kier molecular flexibility index (Phi) is 5.42. The van der Waals surface area contributed by atoms with Gasteiger partial charge in [-0.15, -0.1) is 0 Å². The Balaban J connectivity index is 1.88. The fourth-order valence-corrected chi connectivity index (χ4v) is 2.22. The molecule has 22 heavy (non-hydrogen) atoms. The van der Waals surface area contributed by atoms with Gasteiger partial charge in [-0.2, -0.15) is 13.2 Å². The zero-order valence-corrected chi connectivity index (χ0v) is 12.9. The summed E-state index contributed by atoms with van der Waals surface area (Å²) < 4.78 is 37.8. The normalized spacial score (nSPS) is 11.3. The van der Waals surface area contributed by atoms with E-state index in [4.69, 9.17) is 23.2 Å². The van der Waals surface area contributed by atoms with Crippen molar-refractivity contribution in [2.45, 2.75) is 6.18 Å². The molecule has 0 unspecified atom stereocenters. The molecule has 0 aliphatic rings. The summed E-state index contributed by atoms with van der Waals surface area (Å²) in [5.74, 6) is 0. The van der Waals surface area contributed by atoms with Crippen LogP contribution in [0.1, 0.15) is 5.56 Å². The minimum Gasteiger partial charge on any atom is -0.383 e. The van der Waals surface area contributed by atoms with E-state index in [2.05, 4.69) is 10.6 Å². The van der Waals surface area contributed by atoms with Gasteiger partial charge in [0.15, 0.2) is 0 Å². The summed E-state index contributed by atoms with van der Waals surface area (Å²) in [5, 5.41) is 6.85. The molecule has 0 fully saturated rings. The molecular formula is C15H13Cl2F3N2. The molecular weight excluding hydrogens is 336 g/mol. The Labute approximate surface area is 136 Å². The van der Waals surface area contributed by atoms with Gasteiger partial charge in [0.25, 0.3) is 0 Å². The lowest BCUT2D eigenvalue weighted by Crippen LogP contribution is -2.14. The van der Waals surface area contributed by atoms with Crippen LogP contribution in [0.5, 0.6) is 0 Å². The molecule has 0 aliphatic heterocycles. The van der Waals surface area contributed by atoms with Gasteiger partial charge in [0, 0.05) is 18.8 Å². The van der Waals surface area contributed by atoms with Crippen LogP contribution in [0.25, 0.3) is 0 Å². The highest BCUT2D eigenvalue weighted by Crippen LogP contribution is 2.31. The molecule has 118 valence electrons. The third-order valence-electron chi connectivity index (χ3n) is 2.91. The molecule has 0 heterocycles. The van der Waals surface area contributed by atoms with E-state index in [9.17, 15) is 13.2 Å². The fraction of sp³-hybridized carbons (Fsp3) is 0.200. The van der Waals surface area contributed by atoms with Gasteiger partial charge in [-0.05, 0) is 30.3 Å². The second-order valence-corrected chi connectivity index (χ2v) is 5.32. The smallest absolute Gasteiger partial charge is 0.383 e. The van der Waals surface area contributed by atoms with Gasteiger partial charge in [-0.25, -0.2) is 0 Å². The van der Waals surface area contributed by atoms with Crippen molar-refractivity contribution in [2.24, 2.45) is 0 Å². The molecule has 2 aromatic rings. The van der Waals surface area contributed by atoms with Gasteiger partial charge >= 0.3 is 6.18 Å². The highest BCUT2D eigenvalue weighted by Gasteiger charge is 2.30. The van der Waals surface area contributed by atoms with Crippen molar-refractivity contribution >= 4 is 34.6 Å². The maximum Gasteiger partial charge on any atom is 0.416 e. The van der Waals surface area contributed by atoms with Crippen molar-refractivity contribution in [1.82, 2.24) is 0 Å². The Morgan fingerprint density at radius 2 is 1.59 bits per heavy atom. The van der Waals surface area contributed by atoms with E-state index in [1.165, 1.54) is 6.07 Å². The third kappa shape index (κ3) is 4.45. The first kappa shape index (κ1) is 16.8. The van der Waals surface area contributed by atoms with Crippen LogP contribution in [0.2, 0.25) is 10.0 Å². The van der Waals surface area contributed by atoms with Crippen molar-refractivity contribution in [3.8, 4) is 0 Å². The maximum absolute atomic E-state index is 12.6. The van der Waals surface area contributed by atoms with Gasteiger partial charge in [0.2, 0.25) is 0 Å². The van der Waals surface area contributed by atoms with E-state index >= 15 is 0 Å². The second-order valence-electron chi connectivity index (χ2n) is 4.53. The number of halogens is 5. The van der Waals surface area contributed by atoms with Gasteiger partial charge in [0.1, 0.15) is 0 Å². The monoisotopic (exact) mass is 348 g/mol. The molecule has 0 atom stereocenters. The first-order valence-electron chi connectivity index (χ1n) is 6.47. The van der Waals surface area contributed by atoms with E-state index in [-0.39, 0.29) is 0 Å². The van der Waals surface area contributed by atoms with Crippen LogP contribution >= 0.6 is 23.2 Å². The zero-order valence-electron chi connectivity index (χ0n) is 11.3. The van der Waals surface area contributed by atoms with Crippen molar-refractivity contribution in [3.63, 3.8) is 0 Å². The molecule has 0 aliphatic carbocycles. The molecule has 0 radical (unpaired) electrons. The predicted octanol–water partition coefficient (Wildman–Crippen LogP) is 5.54. The largest absolute Gasteiger partial charge is 0.416 e. The number of anilines is 2. The maximum atomic E-state index is 12.6. The molecule has 7 heteroatoms. The van der Waals surface area contributed by atoms with Gasteiger partial charge in [-0.1, -0.05) is 35.3 Å². The van der Waals surface area contributed by atoms with E-state index in [1.54, 1.807) is 24.3 Å². The summed E-state index contributed by atoms with van der Waals surface area (Å²) in [6, 6.07) is 10.3. The molecule has 0 aromatic heterocycles. The summed E-state index contributed by atoms with van der Waals surface area (Å²) in [6.07, 6.45) is -4.34. The van der Waals surface area contributed by atoms with Crippen LogP contribution in [-0.4, -0.2) is 13.1 Å². The quantitative estimate of drug-likeness (QED) is 0.693. The van der Waals surface area contributed by atoms with Gasteiger partial charge in [-0.3, -0.25) is 0 Å². The van der Waals surface area contributed by atoms with Crippen LogP contribution in [0.15, 0.2) is 42.5 Å². The highest BCUT2D eigenvalue weighted by molar-refractivity contribution is 6.43. The average Bonchev–Trinajstić information content (AvgIpc) is 2.47. The number of nitrogens with one attached hydrogen (secondary N) is 2. The molecule has 0 bridgehead atoms. The summed E-state index contributed by atoms with van der Waals surface area (Å²) >= 11 is 11.9. The van der Waals surface area contributed by atoms with Crippen LogP contribution in [0.4, 0.5) is 24.5 Å². The molecule has 2 rings (SSSR count). The second kappa shape index (κ2) is 7.11. The average molecular weight is 349 g/mol. The standard InChI is InChI=1S/C15H13Cl2F3N2/c16-12-5-2-6-13(14(12)17)22-8-7-21-11-4-1-3-10(9-11)15(18,19)20/h1-6,9,21-22H,7-8H2. The summed E-state index contributed by atoms with van der Waals surface area (Å²) in [6.45, 7) is 0.917. The number of rotatable bonds is 5. The number of hydrogen-bond acceptors (Lipinski definition) is 2. The van der Waals surface area contributed by atoms with Crippen molar-refractivity contribution in [3.05, 3.63) is 58.1 Å². The highest BCUT2D eigenvalue weighted by atomic mass is 35.5. The molecule has 0 spiro atoms. The lowest BCUT2D eigenvalue weighted by Gasteiger charge is -2.12. The van der Waals surface area contributed by atoms with Crippen LogP contribution in [0.3, 0.4) is 0 Å². The SMILES string of the molecule is FC(F)(F)c1cccc(NCCNc2cccc(Cl)c2Cl)c1. The van der Waals surface area contributed by atoms with Crippen LogP contribution in [0, 0.1) is 0 Å². The lowest BCUT2D eigenvalue weighted by atomic mass is 10.2. The molecule has 0 amide bonds. The minimum atomic E-state index is -4.34. The Morgan fingerprint density at radius 3 is 2.32 bits per heavy atom. The fourth-order valence-electron chi connectivity index (χ4n) is 1.85. The van der Waals surface area contributed by atoms with E-state index in [0.717, 1.165) is 12.1 Å². The van der Waals surface area contributed by atoms with Crippen LogP contribution < -0.4 is 10.6 Å². The summed E-state index contributed by atoms with van der Waals surface area (Å²) in [5.41, 5.74) is 0.414. The Hall–Kier alpha value is -1.59. The first-order valence-corrected chi connectivity index (χ1v) is 7.22. The molecule has 2 aromatic carbocycles. The van der Waals surface area contributed by atoms with Crippen molar-refractivity contribution in [2.75, 3.05) is 23.7 Å². The van der Waals surface area contributed by atoms with Gasteiger partial charge in [0.05, 0.1) is 21.3 Å². The predicted molar refractivity (Wildman–Crippen MR) is 84.9 cm³/mol. The Morgan fingerprint density at radius 1 is 0.909 bits per heavy atom. The number of hydrogen-bond donors (Lipinski definition) is 2. The summed E-state index contributed by atoms with van der Waals surface area (Å²) in [4.78, 5) is 0. The molecule has 0 saturated carbocycles.